The van der Waals surface area contributed by atoms with E-state index in [2.05, 4.69) is 26.3 Å². The monoisotopic (exact) mass is 314 g/mol. The minimum Gasteiger partial charge on any atom is -0.382 e. The fourth-order valence-corrected chi connectivity index (χ4v) is 2.07. The summed E-state index contributed by atoms with van der Waals surface area (Å²) < 4.78 is 2.07. The van der Waals surface area contributed by atoms with Crippen molar-refractivity contribution < 1.29 is 0 Å². The molecule has 1 aromatic heterocycles. The van der Waals surface area contributed by atoms with E-state index in [4.69, 9.17) is 0 Å². The SMILES string of the molecule is CN(C)CCn1ncc(NCC2CC2)c(Br)c1=O. The number of rotatable bonds is 6. The van der Waals surface area contributed by atoms with Crippen molar-refractivity contribution in [2.45, 2.75) is 19.4 Å². The first-order valence-corrected chi connectivity index (χ1v) is 7.01. The molecule has 0 aromatic carbocycles. The van der Waals surface area contributed by atoms with Crippen molar-refractivity contribution in [2.75, 3.05) is 32.5 Å². The molecule has 2 rings (SSSR count). The van der Waals surface area contributed by atoms with Crippen molar-refractivity contribution in [3.05, 3.63) is 21.0 Å². The summed E-state index contributed by atoms with van der Waals surface area (Å²) in [6.07, 6.45) is 4.30. The summed E-state index contributed by atoms with van der Waals surface area (Å²) in [6, 6.07) is 0. The lowest BCUT2D eigenvalue weighted by atomic mass is 10.4. The molecule has 0 unspecified atom stereocenters. The Labute approximate surface area is 115 Å². The van der Waals surface area contributed by atoms with Crippen LogP contribution in [0.25, 0.3) is 0 Å². The lowest BCUT2D eigenvalue weighted by Gasteiger charge is -2.12. The molecule has 1 fully saturated rings. The second-order valence-electron chi connectivity index (χ2n) is 5.03. The van der Waals surface area contributed by atoms with Crippen molar-refractivity contribution >= 4 is 21.6 Å². The fraction of sp³-hybridized carbons (Fsp3) is 0.667. The summed E-state index contributed by atoms with van der Waals surface area (Å²) in [5, 5.41) is 7.47. The smallest absolute Gasteiger partial charge is 0.283 e. The predicted octanol–water partition coefficient (Wildman–Crippen LogP) is 1.39. The maximum absolute atomic E-state index is 12.1. The first kappa shape index (κ1) is 13.5. The van der Waals surface area contributed by atoms with Gasteiger partial charge in [0.15, 0.2) is 0 Å². The minimum atomic E-state index is -0.0716. The molecule has 18 heavy (non-hydrogen) atoms. The average molecular weight is 315 g/mol. The van der Waals surface area contributed by atoms with Crippen LogP contribution < -0.4 is 10.9 Å². The third kappa shape index (κ3) is 3.55. The number of nitrogens with zero attached hydrogens (tertiary/aromatic N) is 3. The standard InChI is InChI=1S/C12H19BrN4O/c1-16(2)5-6-17-12(18)11(13)10(8-15-17)14-7-9-3-4-9/h8-9,14H,3-7H2,1-2H3. The molecule has 1 aliphatic rings. The molecule has 1 aliphatic carbocycles. The molecular weight excluding hydrogens is 296 g/mol. The zero-order valence-corrected chi connectivity index (χ0v) is 12.4. The van der Waals surface area contributed by atoms with Crippen LogP contribution in [0.4, 0.5) is 5.69 Å². The third-order valence-electron chi connectivity index (χ3n) is 3.02. The van der Waals surface area contributed by atoms with Crippen molar-refractivity contribution in [1.82, 2.24) is 14.7 Å². The number of hydrogen-bond donors (Lipinski definition) is 1. The number of likely N-dealkylation sites (N-methyl/N-ethyl adjacent to an activating group) is 1. The van der Waals surface area contributed by atoms with Crippen LogP contribution in [-0.4, -0.2) is 41.9 Å². The Kier molecular flexibility index (Phi) is 4.40. The highest BCUT2D eigenvalue weighted by molar-refractivity contribution is 9.10. The highest BCUT2D eigenvalue weighted by Crippen LogP contribution is 2.29. The van der Waals surface area contributed by atoms with Crippen LogP contribution in [0, 0.1) is 5.92 Å². The van der Waals surface area contributed by atoms with Gasteiger partial charge in [0.05, 0.1) is 18.4 Å². The van der Waals surface area contributed by atoms with Crippen molar-refractivity contribution in [3.8, 4) is 0 Å². The van der Waals surface area contributed by atoms with Gasteiger partial charge in [-0.2, -0.15) is 5.10 Å². The number of hydrogen-bond acceptors (Lipinski definition) is 4. The van der Waals surface area contributed by atoms with Gasteiger partial charge < -0.3 is 10.2 Å². The lowest BCUT2D eigenvalue weighted by Crippen LogP contribution is -2.29. The van der Waals surface area contributed by atoms with Crippen LogP contribution in [0.3, 0.4) is 0 Å². The summed E-state index contributed by atoms with van der Waals surface area (Å²) in [7, 11) is 3.96. The average Bonchev–Trinajstić information content (AvgIpc) is 3.13. The van der Waals surface area contributed by atoms with Gasteiger partial charge >= 0.3 is 0 Å². The van der Waals surface area contributed by atoms with Gasteiger partial charge in [-0.15, -0.1) is 0 Å². The molecule has 5 nitrogen and oxygen atoms in total. The highest BCUT2D eigenvalue weighted by atomic mass is 79.9. The molecule has 0 atom stereocenters. The summed E-state index contributed by atoms with van der Waals surface area (Å²) in [4.78, 5) is 14.1. The van der Waals surface area contributed by atoms with E-state index in [0.29, 0.717) is 11.0 Å². The van der Waals surface area contributed by atoms with Gasteiger partial charge in [0, 0.05) is 13.1 Å². The number of aromatic nitrogens is 2. The second-order valence-corrected chi connectivity index (χ2v) is 5.82. The number of nitrogens with one attached hydrogen (secondary N) is 1. The summed E-state index contributed by atoms with van der Waals surface area (Å²) in [6.45, 7) is 2.34. The zero-order chi connectivity index (χ0) is 13.1. The molecule has 0 saturated heterocycles. The molecule has 100 valence electrons. The molecule has 0 bridgehead atoms. The molecule has 1 N–H and O–H groups in total. The maximum atomic E-state index is 12.1. The van der Waals surface area contributed by atoms with Crippen LogP contribution in [0.15, 0.2) is 15.5 Å². The van der Waals surface area contributed by atoms with Crippen LogP contribution >= 0.6 is 15.9 Å². The first-order chi connectivity index (χ1) is 8.58. The van der Waals surface area contributed by atoms with E-state index in [1.807, 2.05) is 19.0 Å². The van der Waals surface area contributed by atoms with Crippen LogP contribution in [-0.2, 0) is 6.54 Å². The highest BCUT2D eigenvalue weighted by Gasteiger charge is 2.21. The van der Waals surface area contributed by atoms with E-state index in [9.17, 15) is 4.79 Å². The van der Waals surface area contributed by atoms with Gasteiger partial charge in [-0.05, 0) is 48.8 Å². The Morgan fingerprint density at radius 2 is 2.28 bits per heavy atom. The van der Waals surface area contributed by atoms with E-state index in [1.165, 1.54) is 17.5 Å². The molecular formula is C12H19BrN4O. The molecule has 0 radical (unpaired) electrons. The topological polar surface area (TPSA) is 50.2 Å². The molecule has 1 heterocycles. The minimum absolute atomic E-state index is 0.0716. The van der Waals surface area contributed by atoms with Crippen molar-refractivity contribution in [3.63, 3.8) is 0 Å². The molecule has 1 aromatic rings. The quantitative estimate of drug-likeness (QED) is 0.862. The van der Waals surface area contributed by atoms with E-state index in [1.54, 1.807) is 6.20 Å². The largest absolute Gasteiger partial charge is 0.382 e. The first-order valence-electron chi connectivity index (χ1n) is 6.22. The lowest BCUT2D eigenvalue weighted by molar-refractivity contribution is 0.367. The normalized spacial score (nSPS) is 15.1. The van der Waals surface area contributed by atoms with Gasteiger partial charge in [-0.3, -0.25) is 4.79 Å². The molecule has 1 saturated carbocycles. The molecule has 0 spiro atoms. The van der Waals surface area contributed by atoms with Crippen molar-refractivity contribution in [1.29, 1.82) is 0 Å². The Hall–Kier alpha value is -0.880. The van der Waals surface area contributed by atoms with Gasteiger partial charge in [-0.25, -0.2) is 4.68 Å². The molecule has 0 amide bonds. The van der Waals surface area contributed by atoms with E-state index < -0.39 is 0 Å². The Morgan fingerprint density at radius 1 is 1.56 bits per heavy atom. The van der Waals surface area contributed by atoms with Gasteiger partial charge in [0.1, 0.15) is 4.47 Å². The van der Waals surface area contributed by atoms with Gasteiger partial charge in [-0.1, -0.05) is 0 Å². The van der Waals surface area contributed by atoms with Crippen molar-refractivity contribution in [2.24, 2.45) is 5.92 Å². The molecule has 6 heteroatoms. The van der Waals surface area contributed by atoms with Crippen LogP contribution in [0.2, 0.25) is 0 Å². The van der Waals surface area contributed by atoms with E-state index in [-0.39, 0.29) is 5.56 Å². The summed E-state index contributed by atoms with van der Waals surface area (Å²) >= 11 is 3.36. The Bertz CT molecular complexity index is 468. The number of halogens is 1. The second kappa shape index (κ2) is 5.84. The van der Waals surface area contributed by atoms with E-state index in [0.717, 1.165) is 24.7 Å². The summed E-state index contributed by atoms with van der Waals surface area (Å²) in [5.74, 6) is 0.771. The Morgan fingerprint density at radius 3 is 2.89 bits per heavy atom. The van der Waals surface area contributed by atoms with E-state index >= 15 is 0 Å². The maximum Gasteiger partial charge on any atom is 0.283 e. The molecule has 0 aliphatic heterocycles. The predicted molar refractivity (Wildman–Crippen MR) is 76.0 cm³/mol. The van der Waals surface area contributed by atoms with Gasteiger partial charge in [0.25, 0.3) is 5.56 Å². The Balaban J connectivity index is 2.05. The van der Waals surface area contributed by atoms with Crippen LogP contribution in [0.1, 0.15) is 12.8 Å². The third-order valence-corrected chi connectivity index (χ3v) is 3.79. The van der Waals surface area contributed by atoms with Crippen LogP contribution in [0.5, 0.6) is 0 Å². The zero-order valence-electron chi connectivity index (χ0n) is 10.8. The van der Waals surface area contributed by atoms with Gasteiger partial charge in [0.2, 0.25) is 0 Å². The fourth-order valence-electron chi connectivity index (χ4n) is 1.62. The summed E-state index contributed by atoms with van der Waals surface area (Å²) in [5.41, 5.74) is 0.727. The number of anilines is 1.